The highest BCUT2D eigenvalue weighted by Gasteiger charge is 2.34. The van der Waals surface area contributed by atoms with Crippen molar-refractivity contribution in [3.05, 3.63) is 0 Å². The van der Waals surface area contributed by atoms with Gasteiger partial charge in [0.05, 0.1) is 0 Å². The first kappa shape index (κ1) is 14.3. The highest BCUT2D eigenvalue weighted by molar-refractivity contribution is 5.78. The Hall–Kier alpha value is -1.10. The number of hydrogen-bond donors (Lipinski definition) is 2. The maximum atomic E-state index is 12.1. The van der Waals surface area contributed by atoms with Crippen molar-refractivity contribution >= 4 is 11.8 Å². The average molecular weight is 267 g/mol. The van der Waals surface area contributed by atoms with Crippen LogP contribution in [0.3, 0.4) is 0 Å². The standard InChI is InChI=1S/C14H25N3O2/c1-15-13(18)5-6-17(2)14(19)9-10-7-11-3-4-12(8-10)16-11/h10-12,16H,3-9H2,1-2H3,(H,15,18). The molecule has 0 spiro atoms. The van der Waals surface area contributed by atoms with Gasteiger partial charge in [-0.05, 0) is 31.6 Å². The van der Waals surface area contributed by atoms with Gasteiger partial charge in [-0.15, -0.1) is 0 Å². The van der Waals surface area contributed by atoms with Crippen molar-refractivity contribution < 1.29 is 9.59 Å². The Morgan fingerprint density at radius 2 is 1.89 bits per heavy atom. The van der Waals surface area contributed by atoms with Crippen LogP contribution < -0.4 is 10.6 Å². The minimum Gasteiger partial charge on any atom is -0.359 e. The molecular weight excluding hydrogens is 242 g/mol. The van der Waals surface area contributed by atoms with E-state index in [1.165, 1.54) is 12.8 Å². The maximum absolute atomic E-state index is 12.1. The van der Waals surface area contributed by atoms with Gasteiger partial charge in [0.15, 0.2) is 0 Å². The van der Waals surface area contributed by atoms with Crippen molar-refractivity contribution in [1.82, 2.24) is 15.5 Å². The van der Waals surface area contributed by atoms with Gasteiger partial charge in [0.1, 0.15) is 0 Å². The minimum absolute atomic E-state index is 0.0143. The summed E-state index contributed by atoms with van der Waals surface area (Å²) in [7, 11) is 3.41. The second kappa shape index (κ2) is 6.37. The summed E-state index contributed by atoms with van der Waals surface area (Å²) >= 11 is 0. The van der Waals surface area contributed by atoms with Crippen LogP contribution in [0, 0.1) is 5.92 Å². The Bertz CT molecular complexity index is 334. The molecule has 2 bridgehead atoms. The molecule has 0 aromatic heterocycles. The van der Waals surface area contributed by atoms with Gasteiger partial charge in [0.25, 0.3) is 0 Å². The van der Waals surface area contributed by atoms with E-state index >= 15 is 0 Å². The zero-order valence-electron chi connectivity index (χ0n) is 11.9. The highest BCUT2D eigenvalue weighted by atomic mass is 16.2. The largest absolute Gasteiger partial charge is 0.359 e. The van der Waals surface area contributed by atoms with E-state index in [0.29, 0.717) is 37.4 Å². The number of carbonyl (C=O) groups is 2. The van der Waals surface area contributed by atoms with Crippen LogP contribution in [0.2, 0.25) is 0 Å². The molecule has 5 nitrogen and oxygen atoms in total. The molecule has 2 aliphatic rings. The molecule has 0 saturated carbocycles. The Kier molecular flexibility index (Phi) is 4.80. The fourth-order valence-corrected chi connectivity index (χ4v) is 3.26. The summed E-state index contributed by atoms with van der Waals surface area (Å²) in [5.41, 5.74) is 0. The lowest BCUT2D eigenvalue weighted by molar-refractivity contribution is -0.131. The van der Waals surface area contributed by atoms with Gasteiger partial charge in [0, 0.05) is 45.6 Å². The molecule has 19 heavy (non-hydrogen) atoms. The zero-order valence-corrected chi connectivity index (χ0v) is 11.9. The zero-order chi connectivity index (χ0) is 13.8. The number of amides is 2. The molecule has 2 unspecified atom stereocenters. The van der Waals surface area contributed by atoms with E-state index < -0.39 is 0 Å². The minimum atomic E-state index is -0.0143. The van der Waals surface area contributed by atoms with Crippen LogP contribution in [0.5, 0.6) is 0 Å². The summed E-state index contributed by atoms with van der Waals surface area (Å²) < 4.78 is 0. The maximum Gasteiger partial charge on any atom is 0.222 e. The van der Waals surface area contributed by atoms with Gasteiger partial charge in [-0.1, -0.05) is 0 Å². The first-order valence-electron chi connectivity index (χ1n) is 7.29. The summed E-state index contributed by atoms with van der Waals surface area (Å²) in [5, 5.41) is 6.17. The molecule has 2 saturated heterocycles. The molecule has 2 atom stereocenters. The molecule has 2 heterocycles. The normalized spacial score (nSPS) is 29.1. The van der Waals surface area contributed by atoms with Crippen molar-refractivity contribution in [3.8, 4) is 0 Å². The number of piperidine rings is 1. The van der Waals surface area contributed by atoms with Crippen molar-refractivity contribution in [1.29, 1.82) is 0 Å². The van der Waals surface area contributed by atoms with Crippen LogP contribution in [0.4, 0.5) is 0 Å². The van der Waals surface area contributed by atoms with E-state index in [1.807, 2.05) is 0 Å². The van der Waals surface area contributed by atoms with E-state index in [-0.39, 0.29) is 11.8 Å². The SMILES string of the molecule is CNC(=O)CCN(C)C(=O)CC1CC2CCC(C1)N2. The molecular formula is C14H25N3O2. The van der Waals surface area contributed by atoms with Gasteiger partial charge < -0.3 is 15.5 Å². The van der Waals surface area contributed by atoms with Crippen LogP contribution in [-0.4, -0.2) is 49.4 Å². The third kappa shape index (κ3) is 3.93. The number of nitrogens with one attached hydrogen (secondary N) is 2. The lowest BCUT2D eigenvalue weighted by Gasteiger charge is -2.29. The Labute approximate surface area is 115 Å². The summed E-state index contributed by atoms with van der Waals surface area (Å²) in [6.07, 6.45) is 5.82. The lowest BCUT2D eigenvalue weighted by atomic mass is 9.89. The fourth-order valence-electron chi connectivity index (χ4n) is 3.26. The van der Waals surface area contributed by atoms with E-state index in [0.717, 1.165) is 12.8 Å². The van der Waals surface area contributed by atoms with Gasteiger partial charge >= 0.3 is 0 Å². The Morgan fingerprint density at radius 1 is 1.26 bits per heavy atom. The van der Waals surface area contributed by atoms with Crippen LogP contribution in [0.1, 0.15) is 38.5 Å². The van der Waals surface area contributed by atoms with Crippen LogP contribution in [0.25, 0.3) is 0 Å². The van der Waals surface area contributed by atoms with E-state index in [9.17, 15) is 9.59 Å². The lowest BCUT2D eigenvalue weighted by Crippen LogP contribution is -2.40. The van der Waals surface area contributed by atoms with Crippen LogP contribution in [0.15, 0.2) is 0 Å². The molecule has 0 aromatic rings. The number of hydrogen-bond acceptors (Lipinski definition) is 3. The number of nitrogens with zero attached hydrogens (tertiary/aromatic N) is 1. The molecule has 2 rings (SSSR count). The summed E-state index contributed by atoms with van der Waals surface area (Å²) in [6.45, 7) is 0.510. The van der Waals surface area contributed by atoms with Crippen molar-refractivity contribution in [3.63, 3.8) is 0 Å². The smallest absolute Gasteiger partial charge is 0.222 e. The monoisotopic (exact) mass is 267 g/mol. The average Bonchev–Trinajstić information content (AvgIpc) is 2.74. The predicted molar refractivity (Wildman–Crippen MR) is 73.6 cm³/mol. The van der Waals surface area contributed by atoms with Crippen LogP contribution >= 0.6 is 0 Å². The predicted octanol–water partition coefficient (Wildman–Crippen LogP) is 0.502. The second-order valence-electron chi connectivity index (χ2n) is 5.92. The number of fused-ring (bicyclic) bond motifs is 2. The molecule has 108 valence electrons. The van der Waals surface area contributed by atoms with Crippen molar-refractivity contribution in [2.24, 2.45) is 5.92 Å². The number of carbonyl (C=O) groups excluding carboxylic acids is 2. The van der Waals surface area contributed by atoms with Gasteiger partial charge in [0.2, 0.25) is 11.8 Å². The molecule has 0 aliphatic carbocycles. The molecule has 2 amide bonds. The first-order chi connectivity index (χ1) is 9.08. The molecule has 0 aromatic carbocycles. The summed E-state index contributed by atoms with van der Waals surface area (Å²) in [6, 6.07) is 1.26. The van der Waals surface area contributed by atoms with Crippen LogP contribution in [-0.2, 0) is 9.59 Å². The molecule has 2 aliphatic heterocycles. The number of rotatable bonds is 5. The Morgan fingerprint density at radius 3 is 2.47 bits per heavy atom. The van der Waals surface area contributed by atoms with Gasteiger partial charge in [-0.25, -0.2) is 0 Å². The van der Waals surface area contributed by atoms with E-state index in [1.54, 1.807) is 19.0 Å². The van der Waals surface area contributed by atoms with Crippen molar-refractivity contribution in [2.45, 2.75) is 50.6 Å². The second-order valence-corrected chi connectivity index (χ2v) is 5.92. The van der Waals surface area contributed by atoms with Gasteiger partial charge in [-0.2, -0.15) is 0 Å². The summed E-state index contributed by atoms with van der Waals surface area (Å²) in [4.78, 5) is 25.0. The third-order valence-corrected chi connectivity index (χ3v) is 4.41. The van der Waals surface area contributed by atoms with E-state index in [4.69, 9.17) is 0 Å². The highest BCUT2D eigenvalue weighted by Crippen LogP contribution is 2.32. The van der Waals surface area contributed by atoms with Gasteiger partial charge in [-0.3, -0.25) is 9.59 Å². The topological polar surface area (TPSA) is 61.4 Å². The molecule has 5 heteroatoms. The Balaban J connectivity index is 1.72. The molecule has 2 N–H and O–H groups in total. The summed E-state index contributed by atoms with van der Waals surface area (Å²) in [5.74, 6) is 0.684. The quantitative estimate of drug-likeness (QED) is 0.762. The van der Waals surface area contributed by atoms with E-state index in [2.05, 4.69) is 10.6 Å². The molecule has 0 radical (unpaired) electrons. The third-order valence-electron chi connectivity index (χ3n) is 4.41. The fraction of sp³-hybridized carbons (Fsp3) is 0.857. The van der Waals surface area contributed by atoms with Crippen molar-refractivity contribution in [2.75, 3.05) is 20.6 Å². The first-order valence-corrected chi connectivity index (χ1v) is 7.29. The molecule has 2 fully saturated rings.